The van der Waals surface area contributed by atoms with E-state index in [-0.39, 0.29) is 23.8 Å². The zero-order valence-electron chi connectivity index (χ0n) is 18.7. The summed E-state index contributed by atoms with van der Waals surface area (Å²) in [5.74, 6) is -2.10. The van der Waals surface area contributed by atoms with Gasteiger partial charge in [0.05, 0.1) is 17.0 Å². The van der Waals surface area contributed by atoms with Gasteiger partial charge in [-0.05, 0) is 71.5 Å². The highest BCUT2D eigenvalue weighted by molar-refractivity contribution is 5.78. The average Bonchev–Trinajstić information content (AvgIpc) is 2.76. The average molecular weight is 496 g/mol. The molecule has 0 aliphatic rings. The molecule has 0 saturated heterocycles. The molecular weight excluding hydrogens is 474 g/mol. The number of alkyl halides is 6. The number of aliphatic carboxylic acids is 1. The number of hydrogen-bond acceptors (Lipinski definition) is 2. The first kappa shape index (κ1) is 26.1. The second-order valence-corrected chi connectivity index (χ2v) is 8.51. The van der Waals surface area contributed by atoms with Crippen LogP contribution in [0.2, 0.25) is 0 Å². The number of carbonyl (C=O) groups is 1. The highest BCUT2D eigenvalue weighted by Crippen LogP contribution is 2.37. The number of carboxylic acids is 1. The SMILES string of the molecule is CC(C)C[C@@H](C(=O)O)c1cc(Oc2cccc(C(F)(F)F)c2)cc(-c2ccc(C(F)(F)F)cc2)c1. The van der Waals surface area contributed by atoms with Crippen LogP contribution in [0, 0.1) is 5.92 Å². The minimum Gasteiger partial charge on any atom is -0.481 e. The van der Waals surface area contributed by atoms with Crippen LogP contribution in [0.3, 0.4) is 0 Å². The van der Waals surface area contributed by atoms with Crippen molar-refractivity contribution in [2.45, 2.75) is 38.5 Å². The van der Waals surface area contributed by atoms with Crippen molar-refractivity contribution in [2.75, 3.05) is 0 Å². The molecule has 0 saturated carbocycles. The van der Waals surface area contributed by atoms with Crippen molar-refractivity contribution in [3.63, 3.8) is 0 Å². The van der Waals surface area contributed by atoms with Crippen molar-refractivity contribution < 1.29 is 41.0 Å². The number of carboxylic acid groups (broad SMARTS) is 1. The van der Waals surface area contributed by atoms with E-state index in [9.17, 15) is 36.2 Å². The molecular formula is C26H22F6O3. The van der Waals surface area contributed by atoms with E-state index >= 15 is 0 Å². The highest BCUT2D eigenvalue weighted by Gasteiger charge is 2.31. The second-order valence-electron chi connectivity index (χ2n) is 8.51. The molecule has 3 aromatic rings. The first-order chi connectivity index (χ1) is 16.2. The molecule has 35 heavy (non-hydrogen) atoms. The Labute approximate surface area is 198 Å². The lowest BCUT2D eigenvalue weighted by Crippen LogP contribution is -2.14. The number of hydrogen-bond donors (Lipinski definition) is 1. The fourth-order valence-electron chi connectivity index (χ4n) is 3.62. The summed E-state index contributed by atoms with van der Waals surface area (Å²) in [5.41, 5.74) is -0.709. The fraction of sp³-hybridized carbons (Fsp3) is 0.269. The largest absolute Gasteiger partial charge is 0.481 e. The Hall–Kier alpha value is -3.49. The molecule has 0 aliphatic carbocycles. The summed E-state index contributed by atoms with van der Waals surface area (Å²) in [6.45, 7) is 3.69. The van der Waals surface area contributed by atoms with Crippen molar-refractivity contribution >= 4 is 5.97 Å². The first-order valence-corrected chi connectivity index (χ1v) is 10.6. The van der Waals surface area contributed by atoms with Gasteiger partial charge in [-0.3, -0.25) is 4.79 Å². The normalized spacial score (nSPS) is 13.1. The molecule has 0 bridgehead atoms. The Kier molecular flexibility index (Phi) is 7.47. The van der Waals surface area contributed by atoms with Crippen LogP contribution in [0.25, 0.3) is 11.1 Å². The van der Waals surface area contributed by atoms with Crippen LogP contribution in [0.15, 0.2) is 66.7 Å². The third-order valence-corrected chi connectivity index (χ3v) is 5.28. The quantitative estimate of drug-likeness (QED) is 0.334. The molecule has 3 rings (SSSR count). The third-order valence-electron chi connectivity index (χ3n) is 5.28. The molecule has 0 unspecified atom stereocenters. The van der Waals surface area contributed by atoms with E-state index in [2.05, 4.69) is 0 Å². The predicted molar refractivity (Wildman–Crippen MR) is 118 cm³/mol. The molecule has 9 heteroatoms. The Morgan fingerprint density at radius 3 is 1.97 bits per heavy atom. The first-order valence-electron chi connectivity index (χ1n) is 10.6. The smallest absolute Gasteiger partial charge is 0.416 e. The monoisotopic (exact) mass is 496 g/mol. The molecule has 0 radical (unpaired) electrons. The molecule has 0 fully saturated rings. The summed E-state index contributed by atoms with van der Waals surface area (Å²) in [6.07, 6.45) is -8.84. The minimum atomic E-state index is -4.59. The number of benzene rings is 3. The maximum atomic E-state index is 13.1. The van der Waals surface area contributed by atoms with E-state index in [4.69, 9.17) is 4.74 Å². The van der Waals surface area contributed by atoms with Crippen LogP contribution >= 0.6 is 0 Å². The van der Waals surface area contributed by atoms with Gasteiger partial charge in [0.25, 0.3) is 0 Å². The summed E-state index contributed by atoms with van der Waals surface area (Å²) in [6, 6.07) is 12.9. The van der Waals surface area contributed by atoms with Gasteiger partial charge in [-0.2, -0.15) is 26.3 Å². The van der Waals surface area contributed by atoms with E-state index in [0.717, 1.165) is 24.3 Å². The lowest BCUT2D eigenvalue weighted by atomic mass is 9.88. The molecule has 0 spiro atoms. The number of halogens is 6. The molecule has 0 aromatic heterocycles. The van der Waals surface area contributed by atoms with Crippen LogP contribution in [-0.4, -0.2) is 11.1 Å². The minimum absolute atomic E-state index is 0.0126. The predicted octanol–water partition coefficient (Wildman–Crippen LogP) is 8.40. The lowest BCUT2D eigenvalue weighted by Gasteiger charge is -2.18. The van der Waals surface area contributed by atoms with Crippen molar-refractivity contribution in [3.05, 3.63) is 83.4 Å². The molecule has 0 amide bonds. The van der Waals surface area contributed by atoms with Gasteiger partial charge in [-0.25, -0.2) is 0 Å². The van der Waals surface area contributed by atoms with Gasteiger partial charge in [0.2, 0.25) is 0 Å². The lowest BCUT2D eigenvalue weighted by molar-refractivity contribution is -0.139. The summed E-state index contributed by atoms with van der Waals surface area (Å²) in [5, 5.41) is 9.78. The molecule has 3 aromatic carbocycles. The van der Waals surface area contributed by atoms with Crippen molar-refractivity contribution in [2.24, 2.45) is 5.92 Å². The molecule has 0 heterocycles. The number of rotatable bonds is 7. The van der Waals surface area contributed by atoms with Gasteiger partial charge in [0.15, 0.2) is 0 Å². The molecule has 3 nitrogen and oxygen atoms in total. The van der Waals surface area contributed by atoms with Crippen molar-refractivity contribution in [1.82, 2.24) is 0 Å². The summed E-state index contributed by atoms with van der Waals surface area (Å²) < 4.78 is 83.8. The summed E-state index contributed by atoms with van der Waals surface area (Å²) in [7, 11) is 0. The Morgan fingerprint density at radius 2 is 1.43 bits per heavy atom. The topological polar surface area (TPSA) is 46.5 Å². The number of ether oxygens (including phenoxy) is 1. The summed E-state index contributed by atoms with van der Waals surface area (Å²) in [4.78, 5) is 12.0. The van der Waals surface area contributed by atoms with E-state index in [0.29, 0.717) is 16.7 Å². The van der Waals surface area contributed by atoms with Gasteiger partial charge in [-0.15, -0.1) is 0 Å². The molecule has 1 atom stereocenters. The molecule has 186 valence electrons. The van der Waals surface area contributed by atoms with Crippen LogP contribution in [-0.2, 0) is 17.1 Å². The van der Waals surface area contributed by atoms with Gasteiger partial charge in [-0.1, -0.05) is 38.1 Å². The molecule has 1 N–H and O–H groups in total. The van der Waals surface area contributed by atoms with Gasteiger partial charge in [0.1, 0.15) is 11.5 Å². The van der Waals surface area contributed by atoms with E-state index in [1.165, 1.54) is 36.4 Å². The maximum absolute atomic E-state index is 13.1. The highest BCUT2D eigenvalue weighted by atomic mass is 19.4. The van der Waals surface area contributed by atoms with Crippen LogP contribution in [0.1, 0.15) is 42.9 Å². The van der Waals surface area contributed by atoms with Gasteiger partial charge < -0.3 is 9.84 Å². The molecule has 0 aliphatic heterocycles. The van der Waals surface area contributed by atoms with Gasteiger partial charge >= 0.3 is 18.3 Å². The van der Waals surface area contributed by atoms with E-state index in [1.54, 1.807) is 6.07 Å². The maximum Gasteiger partial charge on any atom is 0.416 e. The fourth-order valence-corrected chi connectivity index (χ4v) is 3.62. The Morgan fingerprint density at radius 1 is 0.800 bits per heavy atom. The summed E-state index contributed by atoms with van der Waals surface area (Å²) >= 11 is 0. The Bertz CT molecular complexity index is 1180. The zero-order chi connectivity index (χ0) is 26.0. The van der Waals surface area contributed by atoms with Crippen molar-refractivity contribution in [3.8, 4) is 22.6 Å². The zero-order valence-corrected chi connectivity index (χ0v) is 18.7. The van der Waals surface area contributed by atoms with Crippen LogP contribution in [0.5, 0.6) is 11.5 Å². The van der Waals surface area contributed by atoms with Crippen LogP contribution in [0.4, 0.5) is 26.3 Å². The van der Waals surface area contributed by atoms with Crippen molar-refractivity contribution in [1.29, 1.82) is 0 Å². The van der Waals surface area contributed by atoms with Crippen LogP contribution < -0.4 is 4.74 Å². The van der Waals surface area contributed by atoms with E-state index in [1.807, 2.05) is 13.8 Å². The van der Waals surface area contributed by atoms with E-state index < -0.39 is 35.4 Å². The van der Waals surface area contributed by atoms with Gasteiger partial charge in [0, 0.05) is 0 Å². The second kappa shape index (κ2) is 10.0. The third kappa shape index (κ3) is 6.77. The standard InChI is InChI=1S/C26H22F6O3/c1-15(2)10-23(24(33)34)18-11-17(16-6-8-19(9-7-16)25(27,28)29)12-22(13-18)35-21-5-3-4-20(14-21)26(30,31)32/h3-9,11-15,23H,10H2,1-2H3,(H,33,34)/t23-/m1/s1. The Balaban J connectivity index is 2.09.